The molecule has 88 valence electrons. The molecule has 0 radical (unpaired) electrons. The van der Waals surface area contributed by atoms with Crippen LogP contribution in [0.3, 0.4) is 0 Å². The highest BCUT2D eigenvalue weighted by atomic mass is 16.6. The van der Waals surface area contributed by atoms with Gasteiger partial charge >= 0.3 is 5.97 Å². The van der Waals surface area contributed by atoms with Crippen molar-refractivity contribution in [1.82, 2.24) is 4.98 Å². The van der Waals surface area contributed by atoms with Crippen LogP contribution in [-0.4, -0.2) is 11.0 Å². The fourth-order valence-corrected chi connectivity index (χ4v) is 1.44. The Balaban J connectivity index is 2.04. The number of hydrogen-bond donors (Lipinski definition) is 0. The van der Waals surface area contributed by atoms with Crippen molar-refractivity contribution in [3.63, 3.8) is 0 Å². The molecule has 17 heavy (non-hydrogen) atoms. The normalized spacial score (nSPS) is 12.1. The fourth-order valence-electron chi connectivity index (χ4n) is 1.44. The number of rotatable bonds is 3. The summed E-state index contributed by atoms with van der Waals surface area (Å²) in [5.74, 6) is 0.420. The second-order valence-electron chi connectivity index (χ2n) is 3.71. The highest BCUT2D eigenvalue weighted by Crippen LogP contribution is 2.17. The maximum Gasteiger partial charge on any atom is 0.374 e. The van der Waals surface area contributed by atoms with Crippen LogP contribution >= 0.6 is 0 Å². The molecule has 0 aliphatic heterocycles. The molecule has 0 amide bonds. The van der Waals surface area contributed by atoms with Crippen LogP contribution in [-0.2, 0) is 4.74 Å². The smallest absolute Gasteiger partial charge is 0.374 e. The van der Waals surface area contributed by atoms with E-state index in [1.807, 2.05) is 18.2 Å². The molecule has 4 heteroatoms. The zero-order valence-corrected chi connectivity index (χ0v) is 9.71. The molecule has 0 fully saturated rings. The molecule has 0 aromatic carbocycles. The summed E-state index contributed by atoms with van der Waals surface area (Å²) in [5.41, 5.74) is 0.712. The van der Waals surface area contributed by atoms with Gasteiger partial charge in [-0.3, -0.25) is 4.98 Å². The third kappa shape index (κ3) is 2.72. The van der Waals surface area contributed by atoms with Gasteiger partial charge in [-0.1, -0.05) is 6.07 Å². The molecule has 2 heterocycles. The van der Waals surface area contributed by atoms with Gasteiger partial charge in [-0.2, -0.15) is 0 Å². The first-order chi connectivity index (χ1) is 8.16. The number of ether oxygens (including phenoxy) is 1. The number of carbonyl (C=O) groups is 1. The Bertz CT molecular complexity index is 504. The van der Waals surface area contributed by atoms with Crippen molar-refractivity contribution in [3.05, 3.63) is 53.7 Å². The van der Waals surface area contributed by atoms with E-state index >= 15 is 0 Å². The average Bonchev–Trinajstić information content (AvgIpc) is 2.77. The summed E-state index contributed by atoms with van der Waals surface area (Å²) in [5, 5.41) is 0. The predicted molar refractivity (Wildman–Crippen MR) is 61.5 cm³/mol. The van der Waals surface area contributed by atoms with Crippen molar-refractivity contribution in [1.29, 1.82) is 0 Å². The first-order valence-electron chi connectivity index (χ1n) is 5.35. The molecule has 0 bridgehead atoms. The van der Waals surface area contributed by atoms with Gasteiger partial charge in [0.25, 0.3) is 0 Å². The standard InChI is InChI=1S/C13H13NO3/c1-9-6-7-12(16-9)13(15)17-10(2)11-5-3-4-8-14-11/h3-8,10H,1-2H3/t10-/m1/s1. The van der Waals surface area contributed by atoms with Gasteiger partial charge < -0.3 is 9.15 Å². The molecule has 0 unspecified atom stereocenters. The molecule has 0 aliphatic carbocycles. The Morgan fingerprint density at radius 2 is 2.18 bits per heavy atom. The van der Waals surface area contributed by atoms with Crippen molar-refractivity contribution in [2.45, 2.75) is 20.0 Å². The monoisotopic (exact) mass is 231 g/mol. The largest absolute Gasteiger partial charge is 0.454 e. The van der Waals surface area contributed by atoms with E-state index in [0.29, 0.717) is 11.5 Å². The molecule has 2 aromatic heterocycles. The van der Waals surface area contributed by atoms with Crippen molar-refractivity contribution in [3.8, 4) is 0 Å². The number of pyridine rings is 1. The number of esters is 1. The molecule has 2 rings (SSSR count). The number of aromatic nitrogens is 1. The Kier molecular flexibility index (Phi) is 3.23. The molecule has 4 nitrogen and oxygen atoms in total. The zero-order chi connectivity index (χ0) is 12.3. The predicted octanol–water partition coefficient (Wildman–Crippen LogP) is 2.90. The van der Waals surface area contributed by atoms with E-state index in [0.717, 1.165) is 0 Å². The lowest BCUT2D eigenvalue weighted by Gasteiger charge is -2.11. The van der Waals surface area contributed by atoms with E-state index in [1.54, 1.807) is 32.2 Å². The van der Waals surface area contributed by atoms with Gasteiger partial charge in [0.2, 0.25) is 5.76 Å². The summed E-state index contributed by atoms with van der Waals surface area (Å²) < 4.78 is 10.4. The Morgan fingerprint density at radius 1 is 1.35 bits per heavy atom. The molecular formula is C13H13NO3. The SMILES string of the molecule is Cc1ccc(C(=O)O[C@H](C)c2ccccn2)o1. The summed E-state index contributed by atoms with van der Waals surface area (Å²) in [7, 11) is 0. The van der Waals surface area contributed by atoms with E-state index < -0.39 is 12.1 Å². The van der Waals surface area contributed by atoms with Gasteiger partial charge in [0.15, 0.2) is 0 Å². The van der Waals surface area contributed by atoms with E-state index in [-0.39, 0.29) is 5.76 Å². The molecule has 1 atom stereocenters. The average molecular weight is 231 g/mol. The van der Waals surface area contributed by atoms with Crippen LogP contribution in [0.25, 0.3) is 0 Å². The number of furan rings is 1. The van der Waals surface area contributed by atoms with Gasteiger partial charge in [0.1, 0.15) is 11.9 Å². The summed E-state index contributed by atoms with van der Waals surface area (Å²) >= 11 is 0. The maximum absolute atomic E-state index is 11.7. The van der Waals surface area contributed by atoms with Crippen LogP contribution in [0.1, 0.15) is 35.0 Å². The topological polar surface area (TPSA) is 52.3 Å². The quantitative estimate of drug-likeness (QED) is 0.762. The highest BCUT2D eigenvalue weighted by Gasteiger charge is 2.16. The minimum Gasteiger partial charge on any atom is -0.454 e. The Morgan fingerprint density at radius 3 is 2.76 bits per heavy atom. The second kappa shape index (κ2) is 4.82. The minimum atomic E-state index is -0.476. The van der Waals surface area contributed by atoms with Crippen LogP contribution in [0.15, 0.2) is 40.9 Å². The molecule has 2 aromatic rings. The number of carbonyl (C=O) groups excluding carboxylic acids is 1. The second-order valence-corrected chi connectivity index (χ2v) is 3.71. The first kappa shape index (κ1) is 11.4. The van der Waals surface area contributed by atoms with Gasteiger partial charge in [0.05, 0.1) is 5.69 Å². The molecule has 0 spiro atoms. The van der Waals surface area contributed by atoms with Gasteiger partial charge in [-0.25, -0.2) is 4.79 Å². The van der Waals surface area contributed by atoms with Crippen LogP contribution in [0, 0.1) is 6.92 Å². The van der Waals surface area contributed by atoms with Crippen molar-refractivity contribution >= 4 is 5.97 Å². The van der Waals surface area contributed by atoms with Crippen molar-refractivity contribution in [2.75, 3.05) is 0 Å². The maximum atomic E-state index is 11.7. The number of nitrogens with zero attached hydrogens (tertiary/aromatic N) is 1. The Labute approximate surface area is 99.2 Å². The molecular weight excluding hydrogens is 218 g/mol. The van der Waals surface area contributed by atoms with Crippen LogP contribution in [0.2, 0.25) is 0 Å². The zero-order valence-electron chi connectivity index (χ0n) is 9.71. The number of aryl methyl sites for hydroxylation is 1. The molecule has 0 aliphatic rings. The fraction of sp³-hybridized carbons (Fsp3) is 0.231. The third-order valence-corrected chi connectivity index (χ3v) is 2.33. The Hall–Kier alpha value is -2.10. The lowest BCUT2D eigenvalue weighted by molar-refractivity contribution is 0.0291. The van der Waals surface area contributed by atoms with Crippen LogP contribution < -0.4 is 0 Å². The van der Waals surface area contributed by atoms with Crippen LogP contribution in [0.4, 0.5) is 0 Å². The van der Waals surface area contributed by atoms with Gasteiger partial charge in [-0.15, -0.1) is 0 Å². The summed E-state index contributed by atoms with van der Waals surface area (Å²) in [6.07, 6.45) is 1.27. The number of hydrogen-bond acceptors (Lipinski definition) is 4. The lowest BCUT2D eigenvalue weighted by Crippen LogP contribution is -2.09. The highest BCUT2D eigenvalue weighted by molar-refractivity contribution is 5.86. The van der Waals surface area contributed by atoms with E-state index in [2.05, 4.69) is 4.98 Å². The molecule has 0 saturated heterocycles. The first-order valence-corrected chi connectivity index (χ1v) is 5.35. The molecule has 0 saturated carbocycles. The molecule has 0 N–H and O–H groups in total. The summed E-state index contributed by atoms with van der Waals surface area (Å²) in [6, 6.07) is 8.80. The van der Waals surface area contributed by atoms with Gasteiger partial charge in [0, 0.05) is 6.20 Å². The van der Waals surface area contributed by atoms with E-state index in [9.17, 15) is 4.79 Å². The third-order valence-electron chi connectivity index (χ3n) is 2.33. The van der Waals surface area contributed by atoms with E-state index in [1.165, 1.54) is 0 Å². The summed E-state index contributed by atoms with van der Waals surface area (Å²) in [6.45, 7) is 3.55. The van der Waals surface area contributed by atoms with E-state index in [4.69, 9.17) is 9.15 Å². The minimum absolute atomic E-state index is 0.213. The van der Waals surface area contributed by atoms with Gasteiger partial charge in [-0.05, 0) is 38.1 Å². The van der Waals surface area contributed by atoms with Crippen molar-refractivity contribution < 1.29 is 13.9 Å². The van der Waals surface area contributed by atoms with Crippen LogP contribution in [0.5, 0.6) is 0 Å². The van der Waals surface area contributed by atoms with Crippen molar-refractivity contribution in [2.24, 2.45) is 0 Å². The summed E-state index contributed by atoms with van der Waals surface area (Å²) in [4.78, 5) is 15.8. The lowest BCUT2D eigenvalue weighted by atomic mass is 10.2.